The fraction of sp³-hybridized carbons (Fsp3) is 0.214. The molecule has 2 aliphatic heterocycles. The molecule has 7 nitrogen and oxygen atoms in total. The number of benzene rings is 3. The molecular weight excluding hydrogens is 473 g/mol. The molecule has 0 aliphatic carbocycles. The van der Waals surface area contributed by atoms with Crippen LogP contribution in [-0.4, -0.2) is 40.1 Å². The first-order valence-corrected chi connectivity index (χ1v) is 12.0. The molecule has 1 amide bonds. The van der Waals surface area contributed by atoms with Gasteiger partial charge in [-0.05, 0) is 58.8 Å². The fourth-order valence-corrected chi connectivity index (χ4v) is 4.65. The third-order valence-electron chi connectivity index (χ3n) is 6.20. The summed E-state index contributed by atoms with van der Waals surface area (Å²) in [5.74, 6) is 0.503. The Morgan fingerprint density at radius 1 is 0.917 bits per heavy atom. The van der Waals surface area contributed by atoms with E-state index < -0.39 is 11.6 Å². The highest BCUT2D eigenvalue weighted by Gasteiger charge is 2.53. The summed E-state index contributed by atoms with van der Waals surface area (Å²) in [6.07, 6.45) is 1.75. The van der Waals surface area contributed by atoms with Gasteiger partial charge < -0.3 is 24.4 Å². The lowest BCUT2D eigenvalue weighted by Crippen LogP contribution is -2.33. The highest BCUT2D eigenvalue weighted by atomic mass is 31.0. The number of nitrogens with zero attached hydrogens (tertiary/aromatic N) is 2. The minimum absolute atomic E-state index is 0.268. The van der Waals surface area contributed by atoms with Crippen LogP contribution in [-0.2, 0) is 10.3 Å². The molecule has 2 aliphatic rings. The minimum Gasteiger partial charge on any atom is -0.456 e. The number of hydrogen-bond donors (Lipinski definition) is 1. The van der Waals surface area contributed by atoms with Gasteiger partial charge in [0.2, 0.25) is 0 Å². The van der Waals surface area contributed by atoms with Crippen molar-refractivity contribution < 1.29 is 19.1 Å². The van der Waals surface area contributed by atoms with Gasteiger partial charge in [-0.1, -0.05) is 6.08 Å². The van der Waals surface area contributed by atoms with E-state index in [0.29, 0.717) is 39.3 Å². The molecule has 1 spiro atoms. The summed E-state index contributed by atoms with van der Waals surface area (Å²) in [4.78, 5) is 29.4. The van der Waals surface area contributed by atoms with E-state index in [0.717, 1.165) is 11.4 Å². The molecular formula is C28H30N3O4P. The Bertz CT molecular complexity index is 1310. The Balaban J connectivity index is 0.000000967. The lowest BCUT2D eigenvalue weighted by atomic mass is 9.77. The van der Waals surface area contributed by atoms with Gasteiger partial charge in [-0.2, -0.15) is 0 Å². The number of fused-ring (bicyclic) bond motifs is 6. The van der Waals surface area contributed by atoms with Gasteiger partial charge in [0.15, 0.2) is 5.60 Å². The summed E-state index contributed by atoms with van der Waals surface area (Å²) in [5.41, 5.74) is 3.62. The van der Waals surface area contributed by atoms with Crippen LogP contribution in [0.4, 0.5) is 11.4 Å². The van der Waals surface area contributed by atoms with Gasteiger partial charge in [0, 0.05) is 74.0 Å². The monoisotopic (exact) mass is 503 g/mol. The summed E-state index contributed by atoms with van der Waals surface area (Å²) in [6.45, 7) is 5.25. The molecule has 0 bridgehead atoms. The summed E-state index contributed by atoms with van der Waals surface area (Å²) < 4.78 is 12.6. The Morgan fingerprint density at radius 2 is 1.44 bits per heavy atom. The van der Waals surface area contributed by atoms with E-state index in [-0.39, 0.29) is 5.91 Å². The molecule has 2 heterocycles. The first-order valence-electron chi connectivity index (χ1n) is 11.4. The number of carbonyl (C=O) groups is 2. The van der Waals surface area contributed by atoms with E-state index in [4.69, 9.17) is 9.47 Å². The van der Waals surface area contributed by atoms with Crippen molar-refractivity contribution in [2.75, 3.05) is 38.0 Å². The SMILES string of the molecule is C=CC.CN(C)c1ccc2c(c1)Oc1cc(N(C)C)ccc1C21OC(=O)c2ccc(C(=O)NP)cc21. The van der Waals surface area contributed by atoms with Crippen molar-refractivity contribution in [3.05, 3.63) is 95.1 Å². The number of ether oxygens (including phenoxy) is 2. The number of allylic oxidation sites excluding steroid dienone is 1. The average Bonchev–Trinajstić information content (AvgIpc) is 3.15. The van der Waals surface area contributed by atoms with Crippen molar-refractivity contribution in [2.45, 2.75) is 12.5 Å². The maximum Gasteiger partial charge on any atom is 0.340 e. The van der Waals surface area contributed by atoms with E-state index in [2.05, 4.69) is 21.1 Å². The number of hydrogen-bond acceptors (Lipinski definition) is 6. The first-order chi connectivity index (χ1) is 17.2. The van der Waals surface area contributed by atoms with Crippen molar-refractivity contribution >= 4 is 32.6 Å². The van der Waals surface area contributed by atoms with Crippen LogP contribution in [0.1, 0.15) is 44.3 Å². The Hall–Kier alpha value is -3.83. The van der Waals surface area contributed by atoms with E-state index >= 15 is 0 Å². The smallest absolute Gasteiger partial charge is 0.340 e. The quantitative estimate of drug-likeness (QED) is 0.305. The van der Waals surface area contributed by atoms with Crippen molar-refractivity contribution in [3.63, 3.8) is 0 Å². The maximum atomic E-state index is 13.1. The van der Waals surface area contributed by atoms with Gasteiger partial charge in [-0.25, -0.2) is 4.79 Å². The summed E-state index contributed by atoms with van der Waals surface area (Å²) in [7, 11) is 10.0. The van der Waals surface area contributed by atoms with Crippen LogP contribution >= 0.6 is 9.39 Å². The number of anilines is 2. The predicted octanol–water partition coefficient (Wildman–Crippen LogP) is 5.10. The number of carbonyl (C=O) groups excluding carboxylic acids is 2. The van der Waals surface area contributed by atoms with E-state index in [1.54, 1.807) is 24.3 Å². The number of nitrogens with one attached hydrogen (secondary N) is 1. The lowest BCUT2D eigenvalue weighted by molar-refractivity contribution is 0.0224. The molecule has 3 aromatic rings. The Labute approximate surface area is 214 Å². The Kier molecular flexibility index (Phi) is 6.79. The average molecular weight is 504 g/mol. The van der Waals surface area contributed by atoms with E-state index in [9.17, 15) is 9.59 Å². The maximum absolute atomic E-state index is 13.1. The second-order valence-electron chi connectivity index (χ2n) is 8.96. The molecule has 1 unspecified atom stereocenters. The summed E-state index contributed by atoms with van der Waals surface area (Å²) in [5, 5.41) is 2.57. The molecule has 1 atom stereocenters. The van der Waals surface area contributed by atoms with Crippen LogP contribution < -0.4 is 19.6 Å². The number of amides is 1. The molecule has 0 aromatic heterocycles. The minimum atomic E-state index is -1.22. The first kappa shape index (κ1) is 25.3. The zero-order valence-electron chi connectivity index (χ0n) is 21.1. The Morgan fingerprint density at radius 3 is 1.92 bits per heavy atom. The molecule has 0 radical (unpaired) electrons. The van der Waals surface area contributed by atoms with Crippen LogP contribution in [0.5, 0.6) is 11.5 Å². The van der Waals surface area contributed by atoms with Crippen LogP contribution in [0.3, 0.4) is 0 Å². The normalized spacial score (nSPS) is 13.7. The van der Waals surface area contributed by atoms with Gasteiger partial charge in [0.1, 0.15) is 11.5 Å². The van der Waals surface area contributed by atoms with Gasteiger partial charge in [-0.3, -0.25) is 4.79 Å². The highest BCUT2D eigenvalue weighted by molar-refractivity contribution is 7.15. The largest absolute Gasteiger partial charge is 0.456 e. The van der Waals surface area contributed by atoms with E-state index in [1.165, 1.54) is 0 Å². The molecule has 3 aromatic carbocycles. The molecule has 5 rings (SSSR count). The van der Waals surface area contributed by atoms with Crippen molar-refractivity contribution in [3.8, 4) is 11.5 Å². The number of esters is 1. The predicted molar refractivity (Wildman–Crippen MR) is 146 cm³/mol. The molecule has 0 saturated carbocycles. The zero-order valence-corrected chi connectivity index (χ0v) is 22.2. The molecule has 0 saturated heterocycles. The molecule has 186 valence electrons. The summed E-state index contributed by atoms with van der Waals surface area (Å²) >= 11 is 0. The molecule has 1 N–H and O–H groups in total. The third kappa shape index (κ3) is 3.99. The van der Waals surface area contributed by atoms with Crippen molar-refractivity contribution in [1.82, 2.24) is 5.09 Å². The summed E-state index contributed by atoms with van der Waals surface area (Å²) in [6, 6.07) is 16.7. The van der Waals surface area contributed by atoms with Crippen LogP contribution in [0.15, 0.2) is 67.3 Å². The van der Waals surface area contributed by atoms with E-state index in [1.807, 2.05) is 81.3 Å². The molecule has 36 heavy (non-hydrogen) atoms. The lowest BCUT2D eigenvalue weighted by Gasteiger charge is -2.37. The van der Waals surface area contributed by atoms with Crippen molar-refractivity contribution in [1.29, 1.82) is 0 Å². The van der Waals surface area contributed by atoms with Crippen LogP contribution in [0, 0.1) is 0 Å². The van der Waals surface area contributed by atoms with Crippen LogP contribution in [0.2, 0.25) is 0 Å². The molecule has 8 heteroatoms. The highest BCUT2D eigenvalue weighted by Crippen LogP contribution is 2.57. The fourth-order valence-electron chi connectivity index (χ4n) is 4.48. The van der Waals surface area contributed by atoms with Crippen LogP contribution in [0.25, 0.3) is 0 Å². The second kappa shape index (κ2) is 9.67. The second-order valence-corrected chi connectivity index (χ2v) is 9.25. The topological polar surface area (TPSA) is 71.1 Å². The van der Waals surface area contributed by atoms with Gasteiger partial charge in [-0.15, -0.1) is 6.58 Å². The van der Waals surface area contributed by atoms with Crippen molar-refractivity contribution in [2.24, 2.45) is 0 Å². The standard InChI is InChI=1S/C25H24N3O4P.C3H6/c1-27(2)15-6-9-18-21(12-15)31-22-13-16(28(3)4)7-10-19(22)25(18)20-11-14(23(29)26-33)5-8-17(20)24(30)32-25;1-3-2/h5-13H,33H2,1-4H3,(H,26,29);3H,1H2,2H3. The zero-order chi connectivity index (χ0) is 26.2. The van der Waals surface area contributed by atoms with Gasteiger partial charge in [0.25, 0.3) is 5.91 Å². The number of rotatable bonds is 3. The third-order valence-corrected chi connectivity index (χ3v) is 6.46. The molecule has 0 fully saturated rings. The van der Waals surface area contributed by atoms with Gasteiger partial charge in [0.05, 0.1) is 5.56 Å². The van der Waals surface area contributed by atoms with Gasteiger partial charge >= 0.3 is 5.97 Å².